The highest BCUT2D eigenvalue weighted by atomic mass is 127. The van der Waals surface area contributed by atoms with E-state index in [0.29, 0.717) is 0 Å². The van der Waals surface area contributed by atoms with E-state index in [1.54, 1.807) is 6.33 Å². The topological polar surface area (TPSA) is 41.9 Å². The molecule has 88 valence electrons. The summed E-state index contributed by atoms with van der Waals surface area (Å²) in [6.45, 7) is 3.88. The zero-order valence-corrected chi connectivity index (χ0v) is 11.7. The number of halogens is 1. The highest BCUT2D eigenvalue weighted by molar-refractivity contribution is 14.1. The van der Waals surface area contributed by atoms with Gasteiger partial charge in [-0.15, -0.1) is 0 Å². The van der Waals surface area contributed by atoms with Crippen LogP contribution in [0.1, 0.15) is 12.5 Å². The third kappa shape index (κ3) is 3.12. The summed E-state index contributed by atoms with van der Waals surface area (Å²) < 4.78 is 1.07. The Bertz CT molecular complexity index is 475. The summed E-state index contributed by atoms with van der Waals surface area (Å²) >= 11 is 2.26. The average Bonchev–Trinajstić information content (AvgIpc) is 2.38. The van der Waals surface area contributed by atoms with Crippen molar-refractivity contribution in [2.75, 3.05) is 11.4 Å². The van der Waals surface area contributed by atoms with E-state index in [4.69, 9.17) is 0 Å². The van der Waals surface area contributed by atoms with Crippen molar-refractivity contribution >= 4 is 28.4 Å². The molecule has 0 aliphatic heterocycles. The van der Waals surface area contributed by atoms with E-state index < -0.39 is 0 Å². The van der Waals surface area contributed by atoms with Gasteiger partial charge in [0.05, 0.1) is 3.57 Å². The predicted octanol–water partition coefficient (Wildman–Crippen LogP) is 2.50. The third-order valence-electron chi connectivity index (χ3n) is 2.45. The molecule has 2 rings (SSSR count). The van der Waals surface area contributed by atoms with Crippen molar-refractivity contribution in [2.45, 2.75) is 13.5 Å². The molecule has 0 saturated heterocycles. The average molecular weight is 340 g/mol. The van der Waals surface area contributed by atoms with Gasteiger partial charge in [0.15, 0.2) is 0 Å². The monoisotopic (exact) mass is 340 g/mol. The van der Waals surface area contributed by atoms with Gasteiger partial charge in [-0.05, 0) is 47.2 Å². The van der Waals surface area contributed by atoms with Crippen LogP contribution in [0.2, 0.25) is 0 Å². The van der Waals surface area contributed by atoms with Crippen molar-refractivity contribution in [2.24, 2.45) is 0 Å². The largest absolute Gasteiger partial charge is 0.352 e. The van der Waals surface area contributed by atoms with Gasteiger partial charge in [-0.25, -0.2) is 9.97 Å². The van der Waals surface area contributed by atoms with Gasteiger partial charge in [-0.3, -0.25) is 4.98 Å². The molecule has 0 unspecified atom stereocenters. The third-order valence-corrected chi connectivity index (χ3v) is 3.21. The summed E-state index contributed by atoms with van der Waals surface area (Å²) in [6, 6.07) is 4.05. The lowest BCUT2D eigenvalue weighted by molar-refractivity contribution is 0.805. The van der Waals surface area contributed by atoms with Gasteiger partial charge in [0.25, 0.3) is 0 Å². The molecule has 0 atom stereocenters. The lowest BCUT2D eigenvalue weighted by atomic mass is 10.2. The standard InChI is InChI=1S/C12H13IN4/c1-2-17(8-10-3-5-14-6-4-10)12-11(13)7-15-9-16-12/h3-7,9H,2,8H2,1H3. The van der Waals surface area contributed by atoms with Crippen molar-refractivity contribution in [3.63, 3.8) is 0 Å². The predicted molar refractivity (Wildman–Crippen MR) is 75.7 cm³/mol. The molecule has 0 fully saturated rings. The Morgan fingerprint density at radius 1 is 1.24 bits per heavy atom. The number of nitrogens with zero attached hydrogens (tertiary/aromatic N) is 4. The Morgan fingerprint density at radius 2 is 2.00 bits per heavy atom. The van der Waals surface area contributed by atoms with Crippen molar-refractivity contribution in [1.82, 2.24) is 15.0 Å². The maximum Gasteiger partial charge on any atom is 0.145 e. The summed E-state index contributed by atoms with van der Waals surface area (Å²) in [5, 5.41) is 0. The van der Waals surface area contributed by atoms with E-state index >= 15 is 0 Å². The van der Waals surface area contributed by atoms with Crippen LogP contribution in [0.3, 0.4) is 0 Å². The molecule has 0 bridgehead atoms. The fourth-order valence-electron chi connectivity index (χ4n) is 1.58. The highest BCUT2D eigenvalue weighted by Crippen LogP contribution is 2.19. The molecule has 2 aromatic heterocycles. The van der Waals surface area contributed by atoms with E-state index in [2.05, 4.69) is 49.4 Å². The second-order valence-corrected chi connectivity index (χ2v) is 4.73. The minimum atomic E-state index is 0.839. The van der Waals surface area contributed by atoms with Crippen molar-refractivity contribution < 1.29 is 0 Å². The first kappa shape index (κ1) is 12.2. The molecule has 0 saturated carbocycles. The van der Waals surface area contributed by atoms with E-state index in [1.807, 2.05) is 30.7 Å². The van der Waals surface area contributed by atoms with Gasteiger partial charge in [-0.2, -0.15) is 0 Å². The SMILES string of the molecule is CCN(Cc1ccncc1)c1ncncc1I. The first-order chi connectivity index (χ1) is 8.31. The van der Waals surface area contributed by atoms with Crippen molar-refractivity contribution in [1.29, 1.82) is 0 Å². The Balaban J connectivity index is 2.21. The summed E-state index contributed by atoms with van der Waals surface area (Å²) in [5.74, 6) is 0.986. The molecule has 0 radical (unpaired) electrons. The van der Waals surface area contributed by atoms with E-state index in [1.165, 1.54) is 5.56 Å². The van der Waals surface area contributed by atoms with Crippen LogP contribution in [0.4, 0.5) is 5.82 Å². The molecule has 2 heterocycles. The number of aromatic nitrogens is 3. The lowest BCUT2D eigenvalue weighted by Crippen LogP contribution is -2.24. The Labute approximate surface area is 114 Å². The quantitative estimate of drug-likeness (QED) is 0.802. The number of rotatable bonds is 4. The van der Waals surface area contributed by atoms with Gasteiger partial charge < -0.3 is 4.90 Å². The molecule has 0 amide bonds. The van der Waals surface area contributed by atoms with Gasteiger partial charge in [0.2, 0.25) is 0 Å². The molecule has 4 nitrogen and oxygen atoms in total. The highest BCUT2D eigenvalue weighted by Gasteiger charge is 2.10. The second-order valence-electron chi connectivity index (χ2n) is 3.56. The zero-order valence-electron chi connectivity index (χ0n) is 9.55. The number of hydrogen-bond acceptors (Lipinski definition) is 4. The first-order valence-electron chi connectivity index (χ1n) is 5.40. The lowest BCUT2D eigenvalue weighted by Gasteiger charge is -2.22. The molecule has 17 heavy (non-hydrogen) atoms. The maximum atomic E-state index is 4.34. The van der Waals surface area contributed by atoms with Crippen LogP contribution in [0.15, 0.2) is 37.1 Å². The molecule has 5 heteroatoms. The number of hydrogen-bond donors (Lipinski definition) is 0. The smallest absolute Gasteiger partial charge is 0.145 e. The molecule has 0 aliphatic rings. The van der Waals surface area contributed by atoms with Crippen molar-refractivity contribution in [3.8, 4) is 0 Å². The van der Waals surface area contributed by atoms with Crippen LogP contribution in [0, 0.1) is 3.57 Å². The zero-order chi connectivity index (χ0) is 12.1. The molecule has 2 aromatic rings. The molecule has 0 spiro atoms. The summed E-state index contributed by atoms with van der Waals surface area (Å²) in [5.41, 5.74) is 1.23. The van der Waals surface area contributed by atoms with Gasteiger partial charge >= 0.3 is 0 Å². The van der Waals surface area contributed by atoms with E-state index in [-0.39, 0.29) is 0 Å². The van der Waals surface area contributed by atoms with Crippen LogP contribution in [0.25, 0.3) is 0 Å². The second kappa shape index (κ2) is 5.90. The fraction of sp³-hybridized carbons (Fsp3) is 0.250. The van der Waals surface area contributed by atoms with Crippen LogP contribution >= 0.6 is 22.6 Å². The van der Waals surface area contributed by atoms with E-state index in [9.17, 15) is 0 Å². The van der Waals surface area contributed by atoms with E-state index in [0.717, 1.165) is 22.5 Å². The minimum absolute atomic E-state index is 0.839. The minimum Gasteiger partial charge on any atom is -0.352 e. The summed E-state index contributed by atoms with van der Waals surface area (Å²) in [6.07, 6.45) is 7.05. The van der Waals surface area contributed by atoms with Gasteiger partial charge in [0, 0.05) is 31.7 Å². The maximum absolute atomic E-state index is 4.34. The van der Waals surface area contributed by atoms with Crippen LogP contribution in [-0.2, 0) is 6.54 Å². The fourth-order valence-corrected chi connectivity index (χ4v) is 2.23. The van der Waals surface area contributed by atoms with Gasteiger partial charge in [-0.1, -0.05) is 0 Å². The van der Waals surface area contributed by atoms with Crippen LogP contribution < -0.4 is 4.90 Å². The van der Waals surface area contributed by atoms with Crippen molar-refractivity contribution in [3.05, 3.63) is 46.2 Å². The Hall–Kier alpha value is -1.24. The molecular weight excluding hydrogens is 327 g/mol. The van der Waals surface area contributed by atoms with Gasteiger partial charge in [0.1, 0.15) is 12.1 Å². The Kier molecular flexibility index (Phi) is 4.24. The van der Waals surface area contributed by atoms with Crippen LogP contribution in [0.5, 0.6) is 0 Å². The van der Waals surface area contributed by atoms with Crippen LogP contribution in [-0.4, -0.2) is 21.5 Å². The summed E-state index contributed by atoms with van der Waals surface area (Å²) in [4.78, 5) is 14.6. The molecule has 0 aliphatic carbocycles. The number of anilines is 1. The Morgan fingerprint density at radius 3 is 2.65 bits per heavy atom. The molecule has 0 N–H and O–H groups in total. The molecule has 0 aromatic carbocycles. The summed E-state index contributed by atoms with van der Waals surface area (Å²) in [7, 11) is 0. The molecular formula is C12H13IN4. The normalized spacial score (nSPS) is 10.2. The number of pyridine rings is 1. The first-order valence-corrected chi connectivity index (χ1v) is 6.48.